The summed E-state index contributed by atoms with van der Waals surface area (Å²) in [6.07, 6.45) is 1.86. The maximum atomic E-state index is 11.7. The molecule has 1 aliphatic heterocycles. The van der Waals surface area contributed by atoms with Crippen molar-refractivity contribution in [3.63, 3.8) is 0 Å². The zero-order chi connectivity index (χ0) is 15.0. The van der Waals surface area contributed by atoms with Gasteiger partial charge >= 0.3 is 5.97 Å². The molecule has 1 rings (SSSR count). The molecule has 0 saturated carbocycles. The molecule has 1 saturated heterocycles. The van der Waals surface area contributed by atoms with Crippen molar-refractivity contribution in [2.45, 2.75) is 31.3 Å². The van der Waals surface area contributed by atoms with Crippen LogP contribution in [-0.2, 0) is 23.9 Å². The molecule has 0 bridgehead atoms. The highest BCUT2D eigenvalue weighted by atomic mass is 16.5. The first kappa shape index (κ1) is 16.4. The fraction of sp³-hybridized carbons (Fsp3) is 0.750. The third-order valence-electron chi connectivity index (χ3n) is 2.91. The number of rotatable bonds is 1. The number of amides is 2. The van der Waals surface area contributed by atoms with E-state index in [0.717, 1.165) is 0 Å². The number of hydrogen-bond acceptors (Lipinski definition) is 6. The lowest BCUT2D eigenvalue weighted by atomic mass is 10.1. The van der Waals surface area contributed by atoms with Gasteiger partial charge in [-0.2, -0.15) is 0 Å². The number of ether oxygens (including phenoxy) is 2. The Labute approximate surface area is 117 Å². The minimum Gasteiger partial charge on any atom is -0.467 e. The van der Waals surface area contributed by atoms with Crippen molar-refractivity contribution in [2.75, 3.05) is 26.9 Å². The fourth-order valence-electron chi connectivity index (χ4n) is 1.77. The average Bonchev–Trinajstić information content (AvgIpc) is 2.45. The molecule has 1 fully saturated rings. The van der Waals surface area contributed by atoms with E-state index in [-0.39, 0.29) is 13.2 Å². The zero-order valence-electron chi connectivity index (χ0n) is 11.5. The Balaban J connectivity index is 2.63. The third kappa shape index (κ3) is 5.54. The van der Waals surface area contributed by atoms with Gasteiger partial charge in [-0.15, -0.1) is 0 Å². The zero-order valence-corrected chi connectivity index (χ0v) is 11.5. The Bertz CT molecular complexity index is 361. The molecule has 114 valence electrons. The average molecular weight is 287 g/mol. The summed E-state index contributed by atoms with van der Waals surface area (Å²) in [4.78, 5) is 34.7. The van der Waals surface area contributed by atoms with Gasteiger partial charge in [-0.3, -0.25) is 9.59 Å². The Kier molecular flexibility index (Phi) is 6.96. The molecule has 1 aliphatic rings. The minimum atomic E-state index is -0.806. The lowest BCUT2D eigenvalue weighted by Gasteiger charge is -2.16. The standard InChI is InChI=1S/C12H21N3O5/c1-19-12(18)9-4-2-3-5-20-7-8(13)11(17)14-6-10(16)15-9/h8-9H,2-7,13H2,1H3,(H,14,17)(H,15,16). The molecular formula is C12H21N3O5. The molecule has 4 N–H and O–H groups in total. The Hall–Kier alpha value is -1.67. The quantitative estimate of drug-likeness (QED) is 0.494. The van der Waals surface area contributed by atoms with Gasteiger partial charge in [0, 0.05) is 6.61 Å². The molecule has 2 atom stereocenters. The maximum Gasteiger partial charge on any atom is 0.328 e. The maximum absolute atomic E-state index is 11.7. The van der Waals surface area contributed by atoms with Crippen LogP contribution in [0.4, 0.5) is 0 Å². The van der Waals surface area contributed by atoms with Crippen LogP contribution in [0.5, 0.6) is 0 Å². The second kappa shape index (κ2) is 8.49. The number of esters is 1. The Morgan fingerprint density at radius 2 is 2.15 bits per heavy atom. The van der Waals surface area contributed by atoms with Gasteiger partial charge in [0.25, 0.3) is 0 Å². The van der Waals surface area contributed by atoms with Gasteiger partial charge in [0.2, 0.25) is 11.8 Å². The van der Waals surface area contributed by atoms with Crippen LogP contribution in [0.3, 0.4) is 0 Å². The summed E-state index contributed by atoms with van der Waals surface area (Å²) in [7, 11) is 1.26. The lowest BCUT2D eigenvalue weighted by Crippen LogP contribution is -2.49. The van der Waals surface area contributed by atoms with Crippen molar-refractivity contribution in [3.05, 3.63) is 0 Å². The molecule has 0 spiro atoms. The summed E-state index contributed by atoms with van der Waals surface area (Å²) in [5.74, 6) is -1.42. The van der Waals surface area contributed by atoms with Crippen molar-refractivity contribution >= 4 is 17.8 Å². The Morgan fingerprint density at radius 3 is 2.85 bits per heavy atom. The van der Waals surface area contributed by atoms with Gasteiger partial charge in [0.05, 0.1) is 20.3 Å². The summed E-state index contributed by atoms with van der Waals surface area (Å²) in [6, 6.07) is -1.52. The van der Waals surface area contributed by atoms with Crippen LogP contribution in [0.1, 0.15) is 19.3 Å². The van der Waals surface area contributed by atoms with Gasteiger partial charge in [0.1, 0.15) is 12.1 Å². The number of carbonyl (C=O) groups excluding carboxylic acids is 3. The SMILES string of the molecule is COC(=O)C1CCCCOCC(N)C(=O)NCC(=O)N1. The van der Waals surface area contributed by atoms with Crippen molar-refractivity contribution in [2.24, 2.45) is 5.73 Å². The summed E-state index contributed by atoms with van der Waals surface area (Å²) >= 11 is 0. The molecule has 2 amide bonds. The van der Waals surface area contributed by atoms with Crippen LogP contribution < -0.4 is 16.4 Å². The normalized spacial score (nSPS) is 26.3. The number of nitrogens with one attached hydrogen (secondary N) is 2. The second-order valence-corrected chi connectivity index (χ2v) is 4.54. The number of nitrogens with two attached hydrogens (primary N) is 1. The largest absolute Gasteiger partial charge is 0.467 e. The van der Waals surface area contributed by atoms with E-state index >= 15 is 0 Å². The topological polar surface area (TPSA) is 120 Å². The predicted molar refractivity (Wildman–Crippen MR) is 69.6 cm³/mol. The molecule has 0 aromatic carbocycles. The number of methoxy groups -OCH3 is 1. The van der Waals surface area contributed by atoms with Crippen LogP contribution in [0.15, 0.2) is 0 Å². The van der Waals surface area contributed by atoms with Gasteiger partial charge in [-0.05, 0) is 19.3 Å². The molecule has 1 heterocycles. The van der Waals surface area contributed by atoms with E-state index in [9.17, 15) is 14.4 Å². The van der Waals surface area contributed by atoms with Crippen molar-refractivity contribution in [1.82, 2.24) is 10.6 Å². The fourth-order valence-corrected chi connectivity index (χ4v) is 1.77. The monoisotopic (exact) mass is 287 g/mol. The molecule has 0 aromatic rings. The molecule has 2 unspecified atom stereocenters. The molecule has 8 nitrogen and oxygen atoms in total. The van der Waals surface area contributed by atoms with E-state index in [1.807, 2.05) is 0 Å². The summed E-state index contributed by atoms with van der Waals surface area (Å²) in [5.41, 5.74) is 5.60. The van der Waals surface area contributed by atoms with E-state index < -0.39 is 29.9 Å². The van der Waals surface area contributed by atoms with Gasteiger partial charge in [-0.25, -0.2) is 4.79 Å². The molecule has 0 aliphatic carbocycles. The van der Waals surface area contributed by atoms with Crippen LogP contribution in [0.2, 0.25) is 0 Å². The first-order chi connectivity index (χ1) is 9.54. The van der Waals surface area contributed by atoms with Crippen LogP contribution in [0, 0.1) is 0 Å². The highest BCUT2D eigenvalue weighted by Gasteiger charge is 2.22. The molecule has 8 heteroatoms. The van der Waals surface area contributed by atoms with E-state index in [1.165, 1.54) is 7.11 Å². The summed E-state index contributed by atoms with van der Waals surface area (Å²) in [5, 5.41) is 4.92. The van der Waals surface area contributed by atoms with Gasteiger partial charge in [-0.1, -0.05) is 0 Å². The number of hydrogen-bond donors (Lipinski definition) is 3. The minimum absolute atomic E-state index is 0.105. The molecule has 0 radical (unpaired) electrons. The van der Waals surface area contributed by atoms with E-state index in [4.69, 9.17) is 10.5 Å². The Morgan fingerprint density at radius 1 is 1.40 bits per heavy atom. The lowest BCUT2D eigenvalue weighted by molar-refractivity contribution is -0.145. The van der Waals surface area contributed by atoms with Crippen LogP contribution >= 0.6 is 0 Å². The van der Waals surface area contributed by atoms with Gasteiger partial charge in [0.15, 0.2) is 0 Å². The summed E-state index contributed by atoms with van der Waals surface area (Å²) < 4.78 is 9.90. The molecule has 20 heavy (non-hydrogen) atoms. The molecule has 0 aromatic heterocycles. The van der Waals surface area contributed by atoms with Crippen molar-refractivity contribution in [3.8, 4) is 0 Å². The molecular weight excluding hydrogens is 266 g/mol. The van der Waals surface area contributed by atoms with E-state index in [1.54, 1.807) is 0 Å². The van der Waals surface area contributed by atoms with E-state index in [2.05, 4.69) is 15.4 Å². The predicted octanol–water partition coefficient (Wildman–Crippen LogP) is -1.71. The van der Waals surface area contributed by atoms with Crippen molar-refractivity contribution < 1.29 is 23.9 Å². The van der Waals surface area contributed by atoms with Crippen LogP contribution in [0.25, 0.3) is 0 Å². The third-order valence-corrected chi connectivity index (χ3v) is 2.91. The van der Waals surface area contributed by atoms with E-state index in [0.29, 0.717) is 25.9 Å². The first-order valence-corrected chi connectivity index (χ1v) is 6.53. The second-order valence-electron chi connectivity index (χ2n) is 4.54. The number of carbonyl (C=O) groups is 3. The first-order valence-electron chi connectivity index (χ1n) is 6.53. The van der Waals surface area contributed by atoms with Crippen LogP contribution in [-0.4, -0.2) is 56.7 Å². The highest BCUT2D eigenvalue weighted by Crippen LogP contribution is 2.04. The highest BCUT2D eigenvalue weighted by molar-refractivity contribution is 5.89. The summed E-state index contributed by atoms with van der Waals surface area (Å²) in [6.45, 7) is 0.316. The van der Waals surface area contributed by atoms with Crippen molar-refractivity contribution in [1.29, 1.82) is 0 Å². The van der Waals surface area contributed by atoms with Gasteiger partial charge < -0.3 is 25.8 Å². The smallest absolute Gasteiger partial charge is 0.328 e.